The zero-order valence-electron chi connectivity index (χ0n) is 23.4. The van der Waals surface area contributed by atoms with Crippen LogP contribution in [0.4, 0.5) is 0 Å². The molecule has 0 saturated heterocycles. The Balaban J connectivity index is 1.83. The zero-order valence-corrected chi connectivity index (χ0v) is 24.2. The molecule has 42 heavy (non-hydrogen) atoms. The summed E-state index contributed by atoms with van der Waals surface area (Å²) in [4.78, 5) is 54.7. The number of carbonyl (C=O) groups excluding carboxylic acids is 3. The molecule has 1 heterocycles. The number of aromatic amines is 1. The number of carboxylic acids is 1. The van der Waals surface area contributed by atoms with Crippen molar-refractivity contribution in [1.82, 2.24) is 20.9 Å². The second kappa shape index (κ2) is 15.2. The highest BCUT2D eigenvalue weighted by molar-refractivity contribution is 7.98. The van der Waals surface area contributed by atoms with Crippen LogP contribution in [-0.2, 0) is 32.0 Å². The van der Waals surface area contributed by atoms with Crippen molar-refractivity contribution in [2.45, 2.75) is 56.5 Å². The van der Waals surface area contributed by atoms with Gasteiger partial charge < -0.3 is 42.0 Å². The number of aromatic nitrogens is 1. The molecule has 0 fully saturated rings. The van der Waals surface area contributed by atoms with E-state index in [9.17, 15) is 34.5 Å². The van der Waals surface area contributed by atoms with Crippen molar-refractivity contribution in [3.63, 3.8) is 0 Å². The average molecular weight is 600 g/mol. The molecule has 0 bridgehead atoms. The highest BCUT2D eigenvalue weighted by Gasteiger charge is 2.31. The summed E-state index contributed by atoms with van der Waals surface area (Å²) in [6.45, 7) is 1.36. The lowest BCUT2D eigenvalue weighted by Crippen LogP contribution is -2.58. The van der Waals surface area contributed by atoms with E-state index in [1.54, 1.807) is 18.3 Å². The molecule has 0 aliphatic heterocycles. The Morgan fingerprint density at radius 2 is 1.52 bits per heavy atom. The third-order valence-corrected chi connectivity index (χ3v) is 7.43. The summed E-state index contributed by atoms with van der Waals surface area (Å²) >= 11 is 1.45. The van der Waals surface area contributed by atoms with Crippen molar-refractivity contribution in [2.75, 3.05) is 12.0 Å². The normalized spacial score (nSPS) is 14.8. The number of aliphatic carboxylic acids is 1. The van der Waals surface area contributed by atoms with Crippen LogP contribution in [-0.4, -0.2) is 86.3 Å². The van der Waals surface area contributed by atoms with E-state index < -0.39 is 54.0 Å². The number of para-hydroxylation sites is 1. The predicted octanol–water partition coefficient (Wildman–Crippen LogP) is 0.659. The minimum atomic E-state index is -1.30. The first-order valence-corrected chi connectivity index (χ1v) is 14.8. The SMILES string of the molecule is CSCCC(NC(=O)C(N)C(C)O)C(=O)NC(Cc1ccc(O)cc1)C(=O)NC(Cc1c[nH]c2ccccc12)C(=O)O. The molecule has 226 valence electrons. The van der Waals surface area contributed by atoms with Crippen LogP contribution in [0.2, 0.25) is 0 Å². The van der Waals surface area contributed by atoms with E-state index in [0.717, 1.165) is 10.9 Å². The minimum Gasteiger partial charge on any atom is -0.508 e. The summed E-state index contributed by atoms with van der Waals surface area (Å²) < 4.78 is 0. The van der Waals surface area contributed by atoms with Gasteiger partial charge >= 0.3 is 5.97 Å². The van der Waals surface area contributed by atoms with Crippen LogP contribution in [0.3, 0.4) is 0 Å². The van der Waals surface area contributed by atoms with Crippen molar-refractivity contribution in [3.8, 4) is 5.75 Å². The number of aromatic hydroxyl groups is 1. The number of H-pyrrole nitrogens is 1. The van der Waals surface area contributed by atoms with Crippen molar-refractivity contribution in [3.05, 3.63) is 65.9 Å². The van der Waals surface area contributed by atoms with Gasteiger partial charge in [0.1, 0.15) is 29.9 Å². The number of nitrogens with two attached hydrogens (primary N) is 1. The van der Waals surface area contributed by atoms with Gasteiger partial charge in [-0.3, -0.25) is 14.4 Å². The van der Waals surface area contributed by atoms with Gasteiger partial charge in [0.2, 0.25) is 17.7 Å². The van der Waals surface area contributed by atoms with Crippen LogP contribution in [0, 0.1) is 0 Å². The molecule has 9 N–H and O–H groups in total. The molecule has 12 nitrogen and oxygen atoms in total. The Hall–Kier alpha value is -4.07. The molecular formula is C29H37N5O7S. The fourth-order valence-electron chi connectivity index (χ4n) is 4.33. The second-order valence-electron chi connectivity index (χ2n) is 10.0. The van der Waals surface area contributed by atoms with E-state index >= 15 is 0 Å². The number of phenolic OH excluding ortho intramolecular Hbond substituents is 1. The quantitative estimate of drug-likeness (QED) is 0.123. The number of thioether (sulfide) groups is 1. The number of fused-ring (bicyclic) bond motifs is 1. The molecule has 0 aliphatic carbocycles. The highest BCUT2D eigenvalue weighted by atomic mass is 32.2. The highest BCUT2D eigenvalue weighted by Crippen LogP contribution is 2.19. The third kappa shape index (κ3) is 8.96. The van der Waals surface area contributed by atoms with Gasteiger partial charge in [0.05, 0.1) is 6.10 Å². The summed E-state index contributed by atoms with van der Waals surface area (Å²) in [5.74, 6) is -2.86. The molecule has 1 aromatic heterocycles. The topological polar surface area (TPSA) is 207 Å². The fraction of sp³-hybridized carbons (Fsp3) is 0.379. The summed E-state index contributed by atoms with van der Waals surface area (Å²) in [7, 11) is 0. The smallest absolute Gasteiger partial charge is 0.326 e. The van der Waals surface area contributed by atoms with E-state index in [4.69, 9.17) is 5.73 Å². The Bertz CT molecular complexity index is 1380. The first kappa shape index (κ1) is 32.4. The van der Waals surface area contributed by atoms with Gasteiger partial charge in [0.25, 0.3) is 0 Å². The summed E-state index contributed by atoms with van der Waals surface area (Å²) in [6.07, 6.45) is 2.57. The Kier molecular flexibility index (Phi) is 11.8. The Labute approximate surface area is 247 Å². The van der Waals surface area contributed by atoms with Crippen molar-refractivity contribution in [2.24, 2.45) is 5.73 Å². The van der Waals surface area contributed by atoms with E-state index in [0.29, 0.717) is 16.9 Å². The minimum absolute atomic E-state index is 0.00536. The summed E-state index contributed by atoms with van der Waals surface area (Å²) in [5.41, 5.74) is 7.86. The van der Waals surface area contributed by atoms with Crippen LogP contribution in [0.5, 0.6) is 5.75 Å². The standard InChI is InChI=1S/C29H37N5O7S/c1-16(35)25(30)28(39)32-22(11-12-42-2)26(37)33-23(13-17-7-9-19(36)10-8-17)27(38)34-24(29(40)41)14-18-15-31-21-6-4-3-5-20(18)21/h3-10,15-16,22-25,31,35-36H,11-14,30H2,1-2H3,(H,32,39)(H,33,37)(H,34,38)(H,40,41). The fourth-order valence-corrected chi connectivity index (χ4v) is 4.81. The lowest BCUT2D eigenvalue weighted by atomic mass is 10.0. The molecule has 3 aromatic rings. The number of hydrogen-bond acceptors (Lipinski definition) is 8. The lowest BCUT2D eigenvalue weighted by Gasteiger charge is -2.25. The first-order valence-electron chi connectivity index (χ1n) is 13.4. The molecule has 3 rings (SSSR count). The van der Waals surface area contributed by atoms with Gasteiger partial charge in [0, 0.05) is 29.9 Å². The molecule has 0 radical (unpaired) electrons. The number of hydrogen-bond donors (Lipinski definition) is 8. The predicted molar refractivity (Wildman–Crippen MR) is 160 cm³/mol. The molecule has 2 aromatic carbocycles. The summed E-state index contributed by atoms with van der Waals surface area (Å²) in [5, 5.41) is 37.9. The number of nitrogens with one attached hydrogen (secondary N) is 4. The van der Waals surface area contributed by atoms with E-state index in [-0.39, 0.29) is 25.0 Å². The molecule has 0 spiro atoms. The lowest BCUT2D eigenvalue weighted by molar-refractivity contribution is -0.142. The van der Waals surface area contributed by atoms with E-state index in [2.05, 4.69) is 20.9 Å². The van der Waals surface area contributed by atoms with Gasteiger partial charge in [-0.15, -0.1) is 0 Å². The van der Waals surface area contributed by atoms with E-state index in [1.807, 2.05) is 30.5 Å². The number of phenols is 1. The van der Waals surface area contributed by atoms with Crippen LogP contribution in [0.25, 0.3) is 10.9 Å². The average Bonchev–Trinajstić information content (AvgIpc) is 3.37. The monoisotopic (exact) mass is 599 g/mol. The number of rotatable bonds is 15. The zero-order chi connectivity index (χ0) is 30.8. The molecule has 13 heteroatoms. The van der Waals surface area contributed by atoms with Crippen molar-refractivity contribution < 1.29 is 34.5 Å². The number of aliphatic hydroxyl groups is 1. The summed E-state index contributed by atoms with van der Waals surface area (Å²) in [6, 6.07) is 8.58. The van der Waals surface area contributed by atoms with Gasteiger partial charge in [0.15, 0.2) is 0 Å². The largest absolute Gasteiger partial charge is 0.508 e. The van der Waals surface area contributed by atoms with Crippen molar-refractivity contribution in [1.29, 1.82) is 0 Å². The number of benzene rings is 2. The Morgan fingerprint density at radius 1 is 0.905 bits per heavy atom. The van der Waals surface area contributed by atoms with Crippen LogP contribution >= 0.6 is 11.8 Å². The molecule has 0 aliphatic rings. The maximum Gasteiger partial charge on any atom is 0.326 e. The molecule has 5 atom stereocenters. The van der Waals surface area contributed by atoms with Crippen LogP contribution in [0.1, 0.15) is 24.5 Å². The van der Waals surface area contributed by atoms with Gasteiger partial charge in [-0.1, -0.05) is 30.3 Å². The number of aliphatic hydroxyl groups excluding tert-OH is 1. The molecule has 5 unspecified atom stereocenters. The van der Waals surface area contributed by atoms with Crippen LogP contribution in [0.15, 0.2) is 54.7 Å². The van der Waals surface area contributed by atoms with E-state index in [1.165, 1.54) is 30.8 Å². The second-order valence-corrected chi connectivity index (χ2v) is 11.0. The Morgan fingerprint density at radius 3 is 2.17 bits per heavy atom. The maximum atomic E-state index is 13.5. The van der Waals surface area contributed by atoms with Gasteiger partial charge in [-0.25, -0.2) is 4.79 Å². The first-order chi connectivity index (χ1) is 20.0. The van der Waals surface area contributed by atoms with Gasteiger partial charge in [-0.2, -0.15) is 11.8 Å². The number of amides is 3. The number of carbonyl (C=O) groups is 4. The third-order valence-electron chi connectivity index (χ3n) is 6.79. The van der Waals surface area contributed by atoms with Crippen molar-refractivity contribution >= 4 is 46.4 Å². The molecular weight excluding hydrogens is 562 g/mol. The van der Waals surface area contributed by atoms with Gasteiger partial charge in [-0.05, 0) is 54.7 Å². The number of carboxylic acid groups (broad SMARTS) is 1. The van der Waals surface area contributed by atoms with Crippen LogP contribution < -0.4 is 21.7 Å². The maximum absolute atomic E-state index is 13.5. The molecule has 0 saturated carbocycles. The molecule has 3 amide bonds.